The van der Waals surface area contributed by atoms with Crippen LogP contribution in [0.5, 0.6) is 0 Å². The number of aliphatic hydroxyl groups excluding tert-OH is 2. The van der Waals surface area contributed by atoms with Gasteiger partial charge >= 0.3 is 4.87 Å². The molecule has 79 heavy (non-hydrogen) atoms. The lowest BCUT2D eigenvalue weighted by Gasteiger charge is -2.30. The number of carbonyl (C=O) groups excluding carboxylic acids is 1. The van der Waals surface area contributed by atoms with Crippen molar-refractivity contribution in [3.63, 3.8) is 0 Å². The van der Waals surface area contributed by atoms with Gasteiger partial charge in [-0.05, 0) is 168 Å². The molecule has 14 heteroatoms. The lowest BCUT2D eigenvalue weighted by atomic mass is 9.86. The van der Waals surface area contributed by atoms with Crippen LogP contribution in [0.4, 0.5) is 0 Å². The number of ether oxygens (including phenoxy) is 6. The number of alkyl halides is 1. The summed E-state index contributed by atoms with van der Waals surface area (Å²) in [5, 5.41) is 19.4. The summed E-state index contributed by atoms with van der Waals surface area (Å²) in [7, 11) is -3.79. The van der Waals surface area contributed by atoms with Crippen LogP contribution in [0.1, 0.15) is 255 Å². The van der Waals surface area contributed by atoms with E-state index in [9.17, 15) is 13.2 Å². The molecule has 1 aromatic rings. The Kier molecular flexibility index (Phi) is 35.8. The first-order valence-corrected chi connectivity index (χ1v) is 33.6. The van der Waals surface area contributed by atoms with E-state index < -0.39 is 14.7 Å². The molecule has 3 fully saturated rings. The van der Waals surface area contributed by atoms with Gasteiger partial charge in [-0.15, -0.1) is 0 Å². The van der Waals surface area contributed by atoms with E-state index in [1.165, 1.54) is 32.1 Å². The summed E-state index contributed by atoms with van der Waals surface area (Å²) in [4.78, 5) is 14.8. The van der Waals surface area contributed by atoms with E-state index in [-0.39, 0.29) is 64.1 Å². The minimum atomic E-state index is -3.79. The first-order chi connectivity index (χ1) is 37.2. The van der Waals surface area contributed by atoms with Gasteiger partial charge in [-0.25, -0.2) is 8.42 Å². The first kappa shape index (κ1) is 73.6. The normalized spacial score (nSPS) is 19.5. The van der Waals surface area contributed by atoms with E-state index >= 15 is 0 Å². The number of rotatable bonds is 37. The monoisotopic (exact) mass is 1200 g/mol. The molecule has 0 aromatic heterocycles. The van der Waals surface area contributed by atoms with Crippen molar-refractivity contribution in [3.05, 3.63) is 34.7 Å². The molecule has 0 aliphatic carbocycles. The second-order valence-corrected chi connectivity index (χ2v) is 30.4. The Hall–Kier alpha value is -1.51. The molecule has 0 spiro atoms. The molecule has 2 N–H and O–H groups in total. The van der Waals surface area contributed by atoms with Crippen molar-refractivity contribution in [1.29, 1.82) is 0 Å². The number of hydrogen-bond acceptors (Lipinski definition) is 11. The summed E-state index contributed by atoms with van der Waals surface area (Å²) in [5.41, 5.74) is 1.20. The number of ketones is 1. The summed E-state index contributed by atoms with van der Waals surface area (Å²) in [5.74, 6) is 0.355. The molecular formula is C65H117BrNO11S+. The maximum Gasteiger partial charge on any atom is 0.381 e. The average molecular weight is 1200 g/mol. The van der Waals surface area contributed by atoms with Crippen LogP contribution >= 0.6 is 15.9 Å². The molecular weight excluding hydrogens is 1080 g/mol. The van der Waals surface area contributed by atoms with Crippen LogP contribution < -0.4 is 0 Å². The van der Waals surface area contributed by atoms with Gasteiger partial charge in [0, 0.05) is 64.0 Å². The molecule has 3 saturated heterocycles. The summed E-state index contributed by atoms with van der Waals surface area (Å²) >= 11 is 3.47. The molecule has 0 radical (unpaired) electrons. The summed E-state index contributed by atoms with van der Waals surface area (Å²) < 4.78 is 63.2. The highest BCUT2D eigenvalue weighted by Gasteiger charge is 2.54. The molecule has 0 amide bonds. The highest BCUT2D eigenvalue weighted by molar-refractivity contribution is 9.09. The van der Waals surface area contributed by atoms with Gasteiger partial charge in [-0.3, -0.25) is 4.79 Å². The number of unbranched alkanes of at least 4 members (excludes halogenated alkanes) is 5. The van der Waals surface area contributed by atoms with Crippen LogP contribution in [-0.2, 0) is 43.1 Å². The Morgan fingerprint density at radius 2 is 0.873 bits per heavy atom. The van der Waals surface area contributed by atoms with Crippen LogP contribution in [-0.4, -0.2) is 106 Å². The summed E-state index contributed by atoms with van der Waals surface area (Å²) in [6.45, 7) is 34.5. The van der Waals surface area contributed by atoms with Crippen molar-refractivity contribution in [2.45, 2.75) is 285 Å². The third kappa shape index (κ3) is 32.4. The zero-order valence-corrected chi connectivity index (χ0v) is 54.5. The van der Waals surface area contributed by atoms with Crippen molar-refractivity contribution in [1.82, 2.24) is 0 Å². The number of Topliss-reactive ketones (excluding diaryl/α,β-unsaturated/α-hetero) is 1. The molecule has 12 nitrogen and oxygen atoms in total. The Morgan fingerprint density at radius 3 is 1.19 bits per heavy atom. The highest BCUT2D eigenvalue weighted by atomic mass is 79.9. The van der Waals surface area contributed by atoms with Crippen LogP contribution in [0.25, 0.3) is 4.85 Å². The third-order valence-electron chi connectivity index (χ3n) is 16.0. The van der Waals surface area contributed by atoms with Crippen LogP contribution in [0.3, 0.4) is 0 Å². The first-order valence-electron chi connectivity index (χ1n) is 31.0. The Morgan fingerprint density at radius 1 is 0.544 bits per heavy atom. The van der Waals surface area contributed by atoms with Gasteiger partial charge in [-0.1, -0.05) is 140 Å². The van der Waals surface area contributed by atoms with E-state index in [1.807, 2.05) is 19.1 Å². The number of benzene rings is 1. The van der Waals surface area contributed by atoms with E-state index in [0.29, 0.717) is 44.7 Å². The van der Waals surface area contributed by atoms with Gasteiger partial charge in [0.25, 0.3) is 16.4 Å². The van der Waals surface area contributed by atoms with E-state index in [4.69, 9.17) is 45.2 Å². The van der Waals surface area contributed by atoms with Gasteiger partial charge in [0.2, 0.25) is 0 Å². The molecule has 0 bridgehead atoms. The third-order valence-corrected chi connectivity index (χ3v) is 19.0. The highest BCUT2D eigenvalue weighted by Crippen LogP contribution is 2.39. The summed E-state index contributed by atoms with van der Waals surface area (Å²) in [6, 6.07) is 7.05. The number of nitrogens with zero attached hydrogens (tertiary/aromatic N) is 1. The molecule has 4 rings (SSSR count). The molecule has 3 aliphatic heterocycles. The summed E-state index contributed by atoms with van der Waals surface area (Å²) in [6.07, 6.45) is 26.5. The second kappa shape index (κ2) is 38.4. The van der Waals surface area contributed by atoms with E-state index in [1.54, 1.807) is 12.1 Å². The van der Waals surface area contributed by atoms with Gasteiger partial charge in [-0.2, -0.15) is 0 Å². The SMILES string of the molecule is C#[N+]C(CCCCC(C)(C)COC1CCCCO1)(CCCCC(C)(C)COC1CCCCO1)S(=O)(=O)c1ccc(C)cc1.CC(C)(CCCCBr)COC1CCCCO1.CC(C)(CO)CCCCC(=O)CCCCC(C)(C)CO. The largest absolute Gasteiger partial charge is 0.396 e. The molecule has 3 heterocycles. The predicted molar refractivity (Wildman–Crippen MR) is 328 cm³/mol. The van der Waals surface area contributed by atoms with Crippen molar-refractivity contribution >= 4 is 31.6 Å². The van der Waals surface area contributed by atoms with E-state index in [0.717, 1.165) is 159 Å². The standard InChI is InChI=1S/C35H58NO6S.C17H34O3.C13H25BrO2/c1-29-17-19-30(20-18-29)43(37,38)35(36-6,23-11-9-21-33(2,3)27-41-31-15-7-13-25-39-31)24-12-10-22-34(4,5)28-42-32-16-8-14-26-40-32;1-16(2,13-18)11-7-5-9-15(20)10-6-8-12-17(3,4)14-19;1-13(2,8-4-5-9-14)11-16-12-7-3-6-10-15-12/h6,17-20,31-32H,7-16,21-28H2,1-5H3;18-19H,5-14H2,1-4H3;12H,3-11H2,1-2H3/q+1;;. The van der Waals surface area contributed by atoms with Crippen molar-refractivity contribution in [2.24, 2.45) is 27.1 Å². The minimum Gasteiger partial charge on any atom is -0.396 e. The van der Waals surface area contributed by atoms with Gasteiger partial charge in [0.15, 0.2) is 18.9 Å². The topological polar surface area (TPSA) is 151 Å². The van der Waals surface area contributed by atoms with Crippen LogP contribution in [0.2, 0.25) is 0 Å². The van der Waals surface area contributed by atoms with Crippen LogP contribution in [0, 0.1) is 40.6 Å². The van der Waals surface area contributed by atoms with Gasteiger partial charge in [0.1, 0.15) is 5.78 Å². The molecule has 3 unspecified atom stereocenters. The number of aliphatic hydroxyl groups is 2. The Balaban J connectivity index is 0.000000487. The Bertz CT molecular complexity index is 1830. The fourth-order valence-electron chi connectivity index (χ4n) is 10.1. The predicted octanol–water partition coefficient (Wildman–Crippen LogP) is 16.5. The minimum absolute atomic E-state index is 0.0150. The average Bonchev–Trinajstić information content (AvgIpc) is 3.42. The van der Waals surface area contributed by atoms with Gasteiger partial charge in [0.05, 0.1) is 24.7 Å². The maximum atomic E-state index is 14.1. The van der Waals surface area contributed by atoms with Gasteiger partial charge < -0.3 is 38.6 Å². The van der Waals surface area contributed by atoms with Crippen LogP contribution in [0.15, 0.2) is 29.2 Å². The number of halogens is 1. The van der Waals surface area contributed by atoms with Crippen molar-refractivity contribution in [3.8, 4) is 6.57 Å². The molecule has 3 atom stereocenters. The lowest BCUT2D eigenvalue weighted by molar-refractivity contribution is -0.176. The smallest absolute Gasteiger partial charge is 0.381 e. The number of aryl methyl sites for hydroxylation is 1. The molecule has 1 aromatic carbocycles. The zero-order valence-electron chi connectivity index (χ0n) is 52.1. The van der Waals surface area contributed by atoms with Crippen molar-refractivity contribution in [2.75, 3.05) is 58.2 Å². The fraction of sp³-hybridized carbons (Fsp3) is 0.877. The maximum absolute atomic E-state index is 14.1. The second-order valence-electron chi connectivity index (χ2n) is 27.4. The number of sulfone groups is 1. The van der Waals surface area contributed by atoms with Crippen molar-refractivity contribution < 1.29 is 51.8 Å². The lowest BCUT2D eigenvalue weighted by Crippen LogP contribution is -2.36. The van der Waals surface area contributed by atoms with E-state index in [2.05, 4.69) is 90.0 Å². The molecule has 0 saturated carbocycles. The Labute approximate surface area is 491 Å². The number of carbonyl (C=O) groups is 1. The quantitative estimate of drug-likeness (QED) is 0.0484. The molecule has 3 aliphatic rings. The number of hydrogen-bond donors (Lipinski definition) is 2. The fourth-order valence-corrected chi connectivity index (χ4v) is 12.4. The zero-order chi connectivity index (χ0) is 58.9. The molecule has 460 valence electrons.